The van der Waals surface area contributed by atoms with Crippen molar-refractivity contribution in [3.8, 4) is 17.2 Å². The molecule has 1 aliphatic heterocycles. The maximum Gasteiger partial charge on any atom is 0.416 e. The molecule has 3 aromatic carbocycles. The lowest BCUT2D eigenvalue weighted by Crippen LogP contribution is -2.41. The van der Waals surface area contributed by atoms with Crippen LogP contribution in [0.2, 0.25) is 10.0 Å². The second kappa shape index (κ2) is 11.0. The zero-order valence-electron chi connectivity index (χ0n) is 20.1. The first-order chi connectivity index (χ1) is 18.0. The number of fused-ring (bicyclic) bond motifs is 1. The Labute approximate surface area is 226 Å². The van der Waals surface area contributed by atoms with Gasteiger partial charge in [-0.15, -0.1) is 0 Å². The van der Waals surface area contributed by atoms with Crippen molar-refractivity contribution in [2.75, 3.05) is 26.1 Å². The number of hydrogen-bond acceptors (Lipinski definition) is 5. The lowest BCUT2D eigenvalue weighted by molar-refractivity contribution is -0.140. The van der Waals surface area contributed by atoms with Crippen LogP contribution < -0.4 is 19.5 Å². The van der Waals surface area contributed by atoms with Crippen LogP contribution in [-0.2, 0) is 22.3 Å². The summed E-state index contributed by atoms with van der Waals surface area (Å²) >= 11 is 12.5. The molecule has 0 saturated carbocycles. The van der Waals surface area contributed by atoms with Gasteiger partial charge in [-0.05, 0) is 42.5 Å². The van der Waals surface area contributed by atoms with E-state index in [-0.39, 0.29) is 33.6 Å². The molecule has 1 heterocycles. The summed E-state index contributed by atoms with van der Waals surface area (Å²) in [6.45, 7) is -0.504. The molecule has 1 unspecified atom stereocenters. The largest absolute Gasteiger partial charge is 0.497 e. The highest BCUT2D eigenvalue weighted by Crippen LogP contribution is 2.43. The van der Waals surface area contributed by atoms with Gasteiger partial charge in [-0.3, -0.25) is 9.59 Å². The van der Waals surface area contributed by atoms with E-state index in [0.717, 1.165) is 24.3 Å². The number of carbonyl (C=O) groups excluding carboxylic acids is 2. The van der Waals surface area contributed by atoms with Crippen LogP contribution in [0.3, 0.4) is 0 Å². The molecule has 0 bridgehead atoms. The Morgan fingerprint density at radius 2 is 1.79 bits per heavy atom. The molecular weight excluding hydrogens is 548 g/mol. The number of ether oxygens (including phenoxy) is 3. The number of rotatable bonds is 6. The van der Waals surface area contributed by atoms with E-state index in [2.05, 4.69) is 5.32 Å². The molecule has 1 aliphatic rings. The molecule has 0 aliphatic carbocycles. The van der Waals surface area contributed by atoms with Gasteiger partial charge in [0.05, 0.1) is 31.4 Å². The van der Waals surface area contributed by atoms with Gasteiger partial charge in [0.15, 0.2) is 6.61 Å². The van der Waals surface area contributed by atoms with Crippen LogP contribution in [0.1, 0.15) is 22.7 Å². The molecule has 1 atom stereocenters. The molecule has 0 spiro atoms. The van der Waals surface area contributed by atoms with Crippen molar-refractivity contribution in [2.45, 2.75) is 18.8 Å². The summed E-state index contributed by atoms with van der Waals surface area (Å²) in [4.78, 5) is 28.2. The van der Waals surface area contributed by atoms with Crippen LogP contribution in [0, 0.1) is 0 Å². The smallest absolute Gasteiger partial charge is 0.416 e. The number of halogens is 5. The summed E-state index contributed by atoms with van der Waals surface area (Å²) in [5.41, 5.74) is 0.0531. The maximum absolute atomic E-state index is 13.7. The Morgan fingerprint density at radius 3 is 2.42 bits per heavy atom. The second-order valence-corrected chi connectivity index (χ2v) is 9.02. The summed E-state index contributed by atoms with van der Waals surface area (Å²) in [5, 5.41) is 2.77. The van der Waals surface area contributed by atoms with Gasteiger partial charge in [0.2, 0.25) is 0 Å². The summed E-state index contributed by atoms with van der Waals surface area (Å²) < 4.78 is 55.3. The fourth-order valence-electron chi connectivity index (χ4n) is 4.02. The fourth-order valence-corrected chi connectivity index (χ4v) is 4.39. The molecule has 200 valence electrons. The van der Waals surface area contributed by atoms with Crippen LogP contribution in [0.15, 0.2) is 54.6 Å². The molecule has 4 rings (SSSR count). The lowest BCUT2D eigenvalue weighted by atomic mass is 10.0. The first-order valence-electron chi connectivity index (χ1n) is 11.1. The average molecular weight is 569 g/mol. The average Bonchev–Trinajstić information content (AvgIpc) is 3.03. The van der Waals surface area contributed by atoms with E-state index in [1.165, 1.54) is 31.3 Å². The highest BCUT2D eigenvalue weighted by molar-refractivity contribution is 6.43. The molecular formula is C26H21Cl2F3N2O5. The van der Waals surface area contributed by atoms with Crippen LogP contribution in [0.5, 0.6) is 17.2 Å². The van der Waals surface area contributed by atoms with Crippen molar-refractivity contribution in [1.29, 1.82) is 0 Å². The number of nitrogens with zero attached hydrogens (tertiary/aromatic N) is 1. The monoisotopic (exact) mass is 568 g/mol. The van der Waals surface area contributed by atoms with E-state index in [1.54, 1.807) is 18.2 Å². The predicted molar refractivity (Wildman–Crippen MR) is 135 cm³/mol. The number of hydrogen-bond donors (Lipinski definition) is 1. The standard InChI is InChI=1S/C26H21Cl2F3N2O5/c1-36-17-8-3-14(20(11-17)37-2)12-33-21(34)13-38-24-18(9-10-19(27)22(24)28)23(33)25(35)32-16-6-4-15(5-7-16)26(29,30)31/h3-11,23H,12-13H2,1-2H3,(H,32,35). The topological polar surface area (TPSA) is 77.1 Å². The third-order valence-corrected chi connectivity index (χ3v) is 6.70. The Bertz CT molecular complexity index is 1370. The first kappa shape index (κ1) is 27.4. The number of nitrogens with one attached hydrogen (secondary N) is 1. The number of carbonyl (C=O) groups is 2. The Balaban J connectivity index is 1.76. The third kappa shape index (κ3) is 5.61. The van der Waals surface area contributed by atoms with Crippen molar-refractivity contribution in [2.24, 2.45) is 0 Å². The van der Waals surface area contributed by atoms with E-state index in [1.807, 2.05) is 0 Å². The van der Waals surface area contributed by atoms with Gasteiger partial charge in [-0.1, -0.05) is 29.3 Å². The minimum Gasteiger partial charge on any atom is -0.497 e. The molecule has 0 fully saturated rings. The van der Waals surface area contributed by atoms with E-state index in [4.69, 9.17) is 37.4 Å². The number of anilines is 1. The van der Waals surface area contributed by atoms with Gasteiger partial charge in [-0.2, -0.15) is 13.2 Å². The van der Waals surface area contributed by atoms with E-state index < -0.39 is 36.2 Å². The van der Waals surface area contributed by atoms with Crippen molar-refractivity contribution in [3.63, 3.8) is 0 Å². The molecule has 2 amide bonds. The van der Waals surface area contributed by atoms with Crippen LogP contribution in [0.4, 0.5) is 18.9 Å². The zero-order valence-corrected chi connectivity index (χ0v) is 21.6. The van der Waals surface area contributed by atoms with Crippen molar-refractivity contribution in [1.82, 2.24) is 4.90 Å². The van der Waals surface area contributed by atoms with E-state index in [9.17, 15) is 22.8 Å². The molecule has 1 N–H and O–H groups in total. The van der Waals surface area contributed by atoms with Gasteiger partial charge in [-0.25, -0.2) is 0 Å². The van der Waals surface area contributed by atoms with Gasteiger partial charge < -0.3 is 24.4 Å². The highest BCUT2D eigenvalue weighted by Gasteiger charge is 2.38. The Morgan fingerprint density at radius 1 is 1.08 bits per heavy atom. The molecule has 7 nitrogen and oxygen atoms in total. The van der Waals surface area contributed by atoms with Crippen LogP contribution >= 0.6 is 23.2 Å². The molecule has 0 aromatic heterocycles. The van der Waals surface area contributed by atoms with Crippen molar-refractivity contribution in [3.05, 3.63) is 81.3 Å². The highest BCUT2D eigenvalue weighted by atomic mass is 35.5. The zero-order chi connectivity index (χ0) is 27.6. The minimum atomic E-state index is -4.53. The number of methoxy groups -OCH3 is 2. The minimum absolute atomic E-state index is 0.0215. The molecule has 12 heteroatoms. The van der Waals surface area contributed by atoms with Crippen molar-refractivity contribution < 1.29 is 37.0 Å². The Hall–Kier alpha value is -3.63. The summed E-state index contributed by atoms with van der Waals surface area (Å²) in [7, 11) is 2.95. The summed E-state index contributed by atoms with van der Waals surface area (Å²) in [6.07, 6.45) is -4.53. The molecule has 3 aromatic rings. The molecule has 38 heavy (non-hydrogen) atoms. The van der Waals surface area contributed by atoms with Gasteiger partial charge in [0.25, 0.3) is 11.8 Å². The summed E-state index contributed by atoms with van der Waals surface area (Å²) in [5.74, 6) is -0.239. The number of amides is 2. The van der Waals surface area contributed by atoms with Gasteiger partial charge >= 0.3 is 6.18 Å². The van der Waals surface area contributed by atoms with Crippen LogP contribution in [-0.4, -0.2) is 37.5 Å². The normalized spacial score (nSPS) is 15.3. The van der Waals surface area contributed by atoms with Gasteiger partial charge in [0, 0.05) is 22.9 Å². The van der Waals surface area contributed by atoms with Crippen LogP contribution in [0.25, 0.3) is 0 Å². The quantitative estimate of drug-likeness (QED) is 0.387. The second-order valence-electron chi connectivity index (χ2n) is 8.23. The van der Waals surface area contributed by atoms with E-state index in [0.29, 0.717) is 17.1 Å². The maximum atomic E-state index is 13.7. The molecule has 0 radical (unpaired) electrons. The number of alkyl halides is 3. The molecule has 0 saturated heterocycles. The predicted octanol–water partition coefficient (Wildman–Crippen LogP) is 6.13. The SMILES string of the molecule is COc1ccc(CN2C(=O)COc3c(ccc(Cl)c3Cl)C2C(=O)Nc2ccc(C(F)(F)F)cc2)c(OC)c1. The first-order valence-corrected chi connectivity index (χ1v) is 11.9. The lowest BCUT2D eigenvalue weighted by Gasteiger charge is -2.30. The van der Waals surface area contributed by atoms with E-state index >= 15 is 0 Å². The summed E-state index contributed by atoms with van der Waals surface area (Å²) in [6, 6.07) is 10.7. The number of benzene rings is 3. The Kier molecular flexibility index (Phi) is 7.94. The fraction of sp³-hybridized carbons (Fsp3) is 0.231. The van der Waals surface area contributed by atoms with Gasteiger partial charge in [0.1, 0.15) is 28.3 Å². The third-order valence-electron chi connectivity index (χ3n) is 5.91. The van der Waals surface area contributed by atoms with Crippen molar-refractivity contribution >= 4 is 40.7 Å².